The van der Waals surface area contributed by atoms with Gasteiger partial charge in [-0.2, -0.15) is 5.26 Å². The van der Waals surface area contributed by atoms with Crippen LogP contribution in [0.2, 0.25) is 5.02 Å². The van der Waals surface area contributed by atoms with E-state index in [2.05, 4.69) is 13.0 Å². The van der Waals surface area contributed by atoms with E-state index in [0.717, 1.165) is 25.7 Å². The summed E-state index contributed by atoms with van der Waals surface area (Å²) < 4.78 is 10.5. The highest BCUT2D eigenvalue weighted by molar-refractivity contribution is 6.33. The number of nitriles is 1. The van der Waals surface area contributed by atoms with Crippen molar-refractivity contribution in [3.63, 3.8) is 0 Å². The topological polar surface area (TPSA) is 62.6 Å². The molecule has 1 heterocycles. The van der Waals surface area contributed by atoms with E-state index in [-0.39, 0.29) is 18.4 Å². The molecular weight excluding hydrogens is 376 g/mol. The number of halogens is 1. The van der Waals surface area contributed by atoms with E-state index in [4.69, 9.17) is 21.1 Å². The van der Waals surface area contributed by atoms with E-state index in [1.807, 2.05) is 11.2 Å². The minimum Gasteiger partial charge on any atom is -0.504 e. The molecular formula is C22H27ClN2O3. The van der Waals surface area contributed by atoms with Gasteiger partial charge in [-0.25, -0.2) is 0 Å². The Morgan fingerprint density at radius 1 is 1.39 bits per heavy atom. The van der Waals surface area contributed by atoms with E-state index in [9.17, 15) is 10.1 Å². The minimum atomic E-state index is 0.0143. The van der Waals surface area contributed by atoms with E-state index in [1.54, 1.807) is 19.2 Å². The lowest BCUT2D eigenvalue weighted by Gasteiger charge is -2.47. The van der Waals surface area contributed by atoms with Crippen molar-refractivity contribution in [1.82, 2.24) is 4.90 Å². The summed E-state index contributed by atoms with van der Waals surface area (Å²) in [6.07, 6.45) is 6.30. The molecule has 0 bridgehead atoms. The summed E-state index contributed by atoms with van der Waals surface area (Å²) >= 11 is 6.41. The van der Waals surface area contributed by atoms with Gasteiger partial charge in [0, 0.05) is 18.2 Å². The SMILES string of the molecule is CO/C=C1\CCC[C@H]2[C@H]1CCN(C(=O)Cc1c(C#N)ccc(OC)c1Cl)[C@H]2C. The number of likely N-dealkylation sites (tertiary alicyclic amines) is 1. The van der Waals surface area contributed by atoms with Crippen LogP contribution in [-0.4, -0.2) is 37.6 Å². The second-order valence-electron chi connectivity index (χ2n) is 7.60. The Hall–Kier alpha value is -2.19. The Morgan fingerprint density at radius 3 is 2.86 bits per heavy atom. The van der Waals surface area contributed by atoms with Gasteiger partial charge >= 0.3 is 0 Å². The molecule has 1 saturated heterocycles. The molecule has 0 radical (unpaired) electrons. The summed E-state index contributed by atoms with van der Waals surface area (Å²) in [5.74, 6) is 1.43. The summed E-state index contributed by atoms with van der Waals surface area (Å²) in [5, 5.41) is 9.77. The van der Waals surface area contributed by atoms with E-state index in [1.165, 1.54) is 12.7 Å². The molecule has 5 nitrogen and oxygen atoms in total. The lowest BCUT2D eigenvalue weighted by Crippen LogP contribution is -2.52. The molecule has 0 unspecified atom stereocenters. The Morgan fingerprint density at radius 2 is 2.18 bits per heavy atom. The molecule has 1 aromatic carbocycles. The second-order valence-corrected chi connectivity index (χ2v) is 7.98. The highest BCUT2D eigenvalue weighted by atomic mass is 35.5. The Bertz CT molecular complexity index is 815. The number of fused-ring (bicyclic) bond motifs is 1. The number of ether oxygens (including phenoxy) is 2. The molecule has 3 atom stereocenters. The van der Waals surface area contributed by atoms with Crippen molar-refractivity contribution in [2.24, 2.45) is 11.8 Å². The summed E-state index contributed by atoms with van der Waals surface area (Å²) in [4.78, 5) is 15.1. The zero-order chi connectivity index (χ0) is 20.3. The van der Waals surface area contributed by atoms with Crippen LogP contribution in [0.25, 0.3) is 0 Å². The van der Waals surface area contributed by atoms with Gasteiger partial charge in [-0.05, 0) is 62.1 Å². The summed E-state index contributed by atoms with van der Waals surface area (Å²) in [6, 6.07) is 5.61. The molecule has 1 saturated carbocycles. The van der Waals surface area contributed by atoms with Crippen LogP contribution in [0.1, 0.15) is 43.7 Å². The van der Waals surface area contributed by atoms with Crippen molar-refractivity contribution in [3.8, 4) is 11.8 Å². The lowest BCUT2D eigenvalue weighted by molar-refractivity contribution is -0.136. The molecule has 0 aromatic heterocycles. The molecule has 1 aliphatic carbocycles. The van der Waals surface area contributed by atoms with Crippen molar-refractivity contribution in [2.75, 3.05) is 20.8 Å². The molecule has 6 heteroatoms. The van der Waals surface area contributed by atoms with E-state index in [0.29, 0.717) is 40.3 Å². The van der Waals surface area contributed by atoms with Crippen molar-refractivity contribution in [3.05, 3.63) is 40.1 Å². The zero-order valence-electron chi connectivity index (χ0n) is 16.7. The quantitative estimate of drug-likeness (QED) is 0.703. The average molecular weight is 403 g/mol. The fraction of sp³-hybridized carbons (Fsp3) is 0.545. The van der Waals surface area contributed by atoms with Crippen molar-refractivity contribution >= 4 is 17.5 Å². The molecule has 2 aliphatic rings. The molecule has 0 N–H and O–H groups in total. The number of methoxy groups -OCH3 is 2. The number of carbonyl (C=O) groups is 1. The third-order valence-corrected chi connectivity index (χ3v) is 6.67. The van der Waals surface area contributed by atoms with Crippen LogP contribution >= 0.6 is 11.6 Å². The minimum absolute atomic E-state index is 0.0143. The van der Waals surface area contributed by atoms with Gasteiger partial charge in [-0.15, -0.1) is 0 Å². The predicted molar refractivity (Wildman–Crippen MR) is 108 cm³/mol. The fourth-order valence-electron chi connectivity index (χ4n) is 4.83. The number of benzene rings is 1. The van der Waals surface area contributed by atoms with Crippen LogP contribution in [0.5, 0.6) is 5.75 Å². The van der Waals surface area contributed by atoms with Gasteiger partial charge in [0.2, 0.25) is 5.91 Å². The van der Waals surface area contributed by atoms with Gasteiger partial charge in [0.25, 0.3) is 0 Å². The molecule has 150 valence electrons. The first-order valence-electron chi connectivity index (χ1n) is 9.78. The number of allylic oxidation sites excluding steroid dienone is 1. The van der Waals surface area contributed by atoms with E-state index < -0.39 is 0 Å². The highest BCUT2D eigenvalue weighted by Gasteiger charge is 2.40. The van der Waals surface area contributed by atoms with Gasteiger partial charge in [-0.3, -0.25) is 4.79 Å². The van der Waals surface area contributed by atoms with E-state index >= 15 is 0 Å². The Kier molecular flexibility index (Phi) is 6.51. The van der Waals surface area contributed by atoms with Crippen LogP contribution in [0.4, 0.5) is 0 Å². The number of amides is 1. The first-order chi connectivity index (χ1) is 13.5. The maximum Gasteiger partial charge on any atom is 0.227 e. The van der Waals surface area contributed by atoms with Crippen LogP contribution in [0, 0.1) is 23.2 Å². The van der Waals surface area contributed by atoms with Crippen molar-refractivity contribution in [1.29, 1.82) is 5.26 Å². The van der Waals surface area contributed by atoms with Crippen LogP contribution in [-0.2, 0) is 16.0 Å². The number of hydrogen-bond acceptors (Lipinski definition) is 4. The summed E-state index contributed by atoms with van der Waals surface area (Å²) in [7, 11) is 3.23. The summed E-state index contributed by atoms with van der Waals surface area (Å²) in [5.41, 5.74) is 2.34. The summed E-state index contributed by atoms with van der Waals surface area (Å²) in [6.45, 7) is 2.86. The molecule has 1 aromatic rings. The largest absolute Gasteiger partial charge is 0.504 e. The highest BCUT2D eigenvalue weighted by Crippen LogP contribution is 2.43. The van der Waals surface area contributed by atoms with Gasteiger partial charge in [0.05, 0.1) is 43.6 Å². The number of hydrogen-bond donors (Lipinski definition) is 0. The maximum absolute atomic E-state index is 13.2. The maximum atomic E-state index is 13.2. The lowest BCUT2D eigenvalue weighted by atomic mass is 9.69. The third kappa shape index (κ3) is 3.84. The first kappa shape index (κ1) is 20.5. The van der Waals surface area contributed by atoms with Crippen LogP contribution in [0.3, 0.4) is 0 Å². The van der Waals surface area contributed by atoms with Gasteiger partial charge in [0.15, 0.2) is 0 Å². The Labute approximate surface area is 171 Å². The molecule has 0 spiro atoms. The van der Waals surface area contributed by atoms with Gasteiger partial charge in [0.1, 0.15) is 5.75 Å². The normalized spacial score (nSPS) is 25.8. The molecule has 3 rings (SSSR count). The first-order valence-corrected chi connectivity index (χ1v) is 10.2. The monoisotopic (exact) mass is 402 g/mol. The number of rotatable bonds is 4. The Balaban J connectivity index is 1.80. The fourth-order valence-corrected chi connectivity index (χ4v) is 5.14. The average Bonchev–Trinajstić information content (AvgIpc) is 2.70. The molecule has 1 amide bonds. The molecule has 28 heavy (non-hydrogen) atoms. The van der Waals surface area contributed by atoms with Gasteiger partial charge < -0.3 is 14.4 Å². The van der Waals surface area contributed by atoms with Crippen molar-refractivity contribution in [2.45, 2.75) is 45.1 Å². The smallest absolute Gasteiger partial charge is 0.227 e. The number of nitrogens with zero attached hydrogens (tertiary/aromatic N) is 2. The van der Waals surface area contributed by atoms with Gasteiger partial charge in [-0.1, -0.05) is 11.6 Å². The second kappa shape index (κ2) is 8.87. The van der Waals surface area contributed by atoms with Crippen LogP contribution in [0.15, 0.2) is 24.0 Å². The predicted octanol–water partition coefficient (Wildman–Crippen LogP) is 4.33. The van der Waals surface area contributed by atoms with Crippen molar-refractivity contribution < 1.29 is 14.3 Å². The molecule has 2 fully saturated rings. The number of piperidine rings is 1. The number of carbonyl (C=O) groups excluding carboxylic acids is 1. The standard InChI is InChI=1S/C22H27ClN2O3/c1-14-17-6-4-5-16(13-27-2)18(17)9-10-25(14)21(26)11-19-15(12-24)7-8-20(28-3)22(19)23/h7-8,13-14,17-18H,4-6,9-11H2,1-3H3/b16-13+/t14-,17+,18-/m0/s1. The third-order valence-electron chi connectivity index (χ3n) is 6.25. The zero-order valence-corrected chi connectivity index (χ0v) is 17.5. The molecule has 1 aliphatic heterocycles. The van der Waals surface area contributed by atoms with Crippen LogP contribution < -0.4 is 4.74 Å².